The molecular formula is C23H25N3O3. The van der Waals surface area contributed by atoms with Crippen LogP contribution in [0.2, 0.25) is 0 Å². The van der Waals surface area contributed by atoms with Gasteiger partial charge in [0.05, 0.1) is 6.04 Å². The molecule has 0 saturated heterocycles. The topological polar surface area (TPSA) is 77.2 Å². The SMILES string of the molecule is Cc1nc(COc2ccc(C(=O)N[C@@H]3CCC(C)(C)c4ccccc43)cc2)no1. The number of ether oxygens (including phenoxy) is 1. The summed E-state index contributed by atoms with van der Waals surface area (Å²) in [5, 5.41) is 6.99. The average molecular weight is 391 g/mol. The minimum absolute atomic E-state index is 0.0316. The van der Waals surface area contributed by atoms with E-state index in [4.69, 9.17) is 9.26 Å². The van der Waals surface area contributed by atoms with Gasteiger partial charge in [0.1, 0.15) is 5.75 Å². The quantitative estimate of drug-likeness (QED) is 0.693. The van der Waals surface area contributed by atoms with Gasteiger partial charge in [-0.05, 0) is 53.6 Å². The van der Waals surface area contributed by atoms with Crippen molar-refractivity contribution in [1.29, 1.82) is 0 Å². The molecule has 0 unspecified atom stereocenters. The summed E-state index contributed by atoms with van der Waals surface area (Å²) in [6, 6.07) is 15.5. The lowest BCUT2D eigenvalue weighted by Gasteiger charge is -2.37. The molecule has 6 nitrogen and oxygen atoms in total. The smallest absolute Gasteiger partial charge is 0.251 e. The molecule has 3 aromatic rings. The fraction of sp³-hybridized carbons (Fsp3) is 0.348. The third-order valence-corrected chi connectivity index (χ3v) is 5.48. The Hall–Kier alpha value is -3.15. The van der Waals surface area contributed by atoms with Crippen molar-refractivity contribution in [1.82, 2.24) is 15.5 Å². The van der Waals surface area contributed by atoms with Crippen LogP contribution >= 0.6 is 0 Å². The number of rotatable bonds is 5. The molecule has 1 aliphatic carbocycles. The Balaban J connectivity index is 1.41. The van der Waals surface area contributed by atoms with E-state index in [-0.39, 0.29) is 24.0 Å². The maximum Gasteiger partial charge on any atom is 0.251 e. The Morgan fingerprint density at radius 3 is 2.69 bits per heavy atom. The van der Waals surface area contributed by atoms with Gasteiger partial charge in [0.15, 0.2) is 6.61 Å². The molecule has 1 N–H and O–H groups in total. The summed E-state index contributed by atoms with van der Waals surface area (Å²) < 4.78 is 10.6. The van der Waals surface area contributed by atoms with E-state index in [1.807, 2.05) is 6.07 Å². The molecule has 1 heterocycles. The molecule has 1 aromatic heterocycles. The third-order valence-electron chi connectivity index (χ3n) is 5.48. The number of aromatic nitrogens is 2. The molecule has 29 heavy (non-hydrogen) atoms. The highest BCUT2D eigenvalue weighted by Gasteiger charge is 2.32. The summed E-state index contributed by atoms with van der Waals surface area (Å²) in [4.78, 5) is 16.9. The highest BCUT2D eigenvalue weighted by molar-refractivity contribution is 5.94. The number of hydrogen-bond donors (Lipinski definition) is 1. The van der Waals surface area contributed by atoms with Gasteiger partial charge in [0.2, 0.25) is 11.7 Å². The van der Waals surface area contributed by atoms with Gasteiger partial charge in [0, 0.05) is 12.5 Å². The highest BCUT2D eigenvalue weighted by Crippen LogP contribution is 2.41. The van der Waals surface area contributed by atoms with Crippen LogP contribution in [0.1, 0.15) is 65.9 Å². The minimum Gasteiger partial charge on any atom is -0.485 e. The van der Waals surface area contributed by atoms with Crippen LogP contribution in [-0.2, 0) is 12.0 Å². The number of nitrogens with zero attached hydrogens (tertiary/aromatic N) is 2. The number of fused-ring (bicyclic) bond motifs is 1. The van der Waals surface area contributed by atoms with Gasteiger partial charge in [-0.25, -0.2) is 0 Å². The monoisotopic (exact) mass is 391 g/mol. The Kier molecular flexibility index (Phi) is 5.09. The lowest BCUT2D eigenvalue weighted by atomic mass is 9.71. The third kappa shape index (κ3) is 4.16. The molecule has 0 fully saturated rings. The van der Waals surface area contributed by atoms with E-state index in [9.17, 15) is 4.79 Å². The molecular weight excluding hydrogens is 366 g/mol. The largest absolute Gasteiger partial charge is 0.485 e. The van der Waals surface area contributed by atoms with Crippen molar-refractivity contribution >= 4 is 5.91 Å². The normalized spacial score (nSPS) is 17.4. The van der Waals surface area contributed by atoms with Crippen molar-refractivity contribution in [3.8, 4) is 5.75 Å². The highest BCUT2D eigenvalue weighted by atomic mass is 16.5. The molecule has 4 rings (SSSR count). The molecule has 0 saturated carbocycles. The minimum atomic E-state index is -0.0788. The maximum atomic E-state index is 12.8. The standard InChI is InChI=1S/C23H25N3O3/c1-15-24-21(26-29-15)14-28-17-10-8-16(9-11-17)22(27)25-20-12-13-23(2,3)19-7-5-4-6-18(19)20/h4-11,20H,12-14H2,1-3H3,(H,25,27)/t20-/m1/s1. The summed E-state index contributed by atoms with van der Waals surface area (Å²) in [6.07, 6.45) is 1.97. The van der Waals surface area contributed by atoms with Crippen LogP contribution in [-0.4, -0.2) is 16.0 Å². The first-order valence-electron chi connectivity index (χ1n) is 9.85. The van der Waals surface area contributed by atoms with Crippen molar-refractivity contribution in [2.24, 2.45) is 0 Å². The van der Waals surface area contributed by atoms with Crippen LogP contribution in [0.15, 0.2) is 53.1 Å². The summed E-state index contributed by atoms with van der Waals surface area (Å²) in [6.45, 7) is 6.48. The van der Waals surface area contributed by atoms with E-state index in [0.717, 1.165) is 12.8 Å². The van der Waals surface area contributed by atoms with Crippen molar-refractivity contribution < 1.29 is 14.1 Å². The van der Waals surface area contributed by atoms with Gasteiger partial charge in [0.25, 0.3) is 5.91 Å². The molecule has 1 amide bonds. The Morgan fingerprint density at radius 1 is 1.21 bits per heavy atom. The number of hydrogen-bond acceptors (Lipinski definition) is 5. The van der Waals surface area contributed by atoms with E-state index in [0.29, 0.717) is 23.0 Å². The number of carbonyl (C=O) groups is 1. The van der Waals surface area contributed by atoms with Gasteiger partial charge < -0.3 is 14.6 Å². The first-order valence-corrected chi connectivity index (χ1v) is 9.85. The van der Waals surface area contributed by atoms with Gasteiger partial charge in [-0.1, -0.05) is 43.3 Å². The van der Waals surface area contributed by atoms with Gasteiger partial charge in [-0.2, -0.15) is 4.98 Å². The number of benzene rings is 2. The van der Waals surface area contributed by atoms with E-state index < -0.39 is 0 Å². The number of amides is 1. The molecule has 0 aliphatic heterocycles. The Labute approximate surface area is 170 Å². The first kappa shape index (κ1) is 19.2. The molecule has 1 atom stereocenters. The number of nitrogens with one attached hydrogen (secondary N) is 1. The predicted molar refractivity (Wildman–Crippen MR) is 109 cm³/mol. The fourth-order valence-electron chi connectivity index (χ4n) is 3.85. The average Bonchev–Trinajstić information content (AvgIpc) is 3.14. The van der Waals surface area contributed by atoms with E-state index in [1.54, 1.807) is 31.2 Å². The fourth-order valence-corrected chi connectivity index (χ4v) is 3.85. The zero-order chi connectivity index (χ0) is 20.4. The molecule has 2 aromatic carbocycles. The molecule has 0 spiro atoms. The lowest BCUT2D eigenvalue weighted by molar-refractivity contribution is 0.0929. The van der Waals surface area contributed by atoms with E-state index >= 15 is 0 Å². The van der Waals surface area contributed by atoms with Crippen LogP contribution in [0, 0.1) is 6.92 Å². The second-order valence-electron chi connectivity index (χ2n) is 8.08. The molecule has 1 aliphatic rings. The van der Waals surface area contributed by atoms with E-state index in [2.05, 4.69) is 47.5 Å². The summed E-state index contributed by atoms with van der Waals surface area (Å²) >= 11 is 0. The summed E-state index contributed by atoms with van der Waals surface area (Å²) in [5.74, 6) is 1.56. The molecule has 0 radical (unpaired) electrons. The van der Waals surface area contributed by atoms with E-state index in [1.165, 1.54) is 11.1 Å². The first-order chi connectivity index (χ1) is 13.9. The van der Waals surface area contributed by atoms with Crippen LogP contribution in [0.4, 0.5) is 0 Å². The van der Waals surface area contributed by atoms with Crippen molar-refractivity contribution in [3.63, 3.8) is 0 Å². The van der Waals surface area contributed by atoms with Crippen LogP contribution in [0.5, 0.6) is 5.75 Å². The molecule has 0 bridgehead atoms. The van der Waals surface area contributed by atoms with Crippen LogP contribution < -0.4 is 10.1 Å². The van der Waals surface area contributed by atoms with Gasteiger partial charge >= 0.3 is 0 Å². The van der Waals surface area contributed by atoms with Crippen molar-refractivity contribution in [2.45, 2.75) is 51.7 Å². The second kappa shape index (κ2) is 7.70. The van der Waals surface area contributed by atoms with Crippen LogP contribution in [0.3, 0.4) is 0 Å². The summed E-state index contributed by atoms with van der Waals surface area (Å²) in [5.41, 5.74) is 3.27. The van der Waals surface area contributed by atoms with Crippen molar-refractivity contribution in [2.75, 3.05) is 0 Å². The lowest BCUT2D eigenvalue weighted by Crippen LogP contribution is -2.35. The summed E-state index contributed by atoms with van der Waals surface area (Å²) in [7, 11) is 0. The Morgan fingerprint density at radius 2 is 1.97 bits per heavy atom. The van der Waals surface area contributed by atoms with Crippen molar-refractivity contribution in [3.05, 3.63) is 76.9 Å². The maximum absolute atomic E-state index is 12.8. The number of aryl methyl sites for hydroxylation is 1. The zero-order valence-corrected chi connectivity index (χ0v) is 16.9. The number of carbonyl (C=O) groups excluding carboxylic acids is 1. The molecule has 6 heteroatoms. The van der Waals surface area contributed by atoms with Gasteiger partial charge in [-0.15, -0.1) is 0 Å². The van der Waals surface area contributed by atoms with Crippen LogP contribution in [0.25, 0.3) is 0 Å². The predicted octanol–water partition coefficient (Wildman–Crippen LogP) is 4.50. The zero-order valence-electron chi connectivity index (χ0n) is 16.9. The van der Waals surface area contributed by atoms with Gasteiger partial charge in [-0.3, -0.25) is 4.79 Å². The Bertz CT molecular complexity index is 1010. The second-order valence-corrected chi connectivity index (χ2v) is 8.08. The molecule has 150 valence electrons.